The first-order valence-corrected chi connectivity index (χ1v) is 5.20. The summed E-state index contributed by atoms with van der Waals surface area (Å²) in [5.74, 6) is 2.38. The van der Waals surface area contributed by atoms with Crippen LogP contribution in [0.4, 0.5) is 0 Å². The fraction of sp³-hybridized carbons (Fsp3) is 1.00. The van der Waals surface area contributed by atoms with Gasteiger partial charge < -0.3 is 11.5 Å². The molecule has 2 nitrogen and oxygen atoms in total. The van der Waals surface area contributed by atoms with Crippen LogP contribution in [0, 0.1) is 17.8 Å². The van der Waals surface area contributed by atoms with Gasteiger partial charge in [0.05, 0.1) is 0 Å². The molecule has 72 valence electrons. The van der Waals surface area contributed by atoms with E-state index in [0.29, 0.717) is 0 Å². The molecule has 0 aliphatic heterocycles. The van der Waals surface area contributed by atoms with Crippen LogP contribution in [0.1, 0.15) is 32.6 Å². The van der Waals surface area contributed by atoms with E-state index in [-0.39, 0.29) is 0 Å². The summed E-state index contributed by atoms with van der Waals surface area (Å²) in [6, 6.07) is 0. The highest BCUT2D eigenvalue weighted by Crippen LogP contribution is 2.33. The zero-order valence-electron chi connectivity index (χ0n) is 8.13. The largest absolute Gasteiger partial charge is 0.330 e. The minimum absolute atomic E-state index is 0.747. The molecule has 4 N–H and O–H groups in total. The molecule has 0 aromatic heterocycles. The minimum Gasteiger partial charge on any atom is -0.330 e. The highest BCUT2D eigenvalue weighted by atomic mass is 14.6. The molecule has 2 unspecified atom stereocenters. The standard InChI is InChI=1S/C10H22N2/c1-2-8-3-9(6-11)5-10(4-8)7-12/h8-10H,2-7,11-12H2,1H3. The lowest BCUT2D eigenvalue weighted by Gasteiger charge is -2.33. The number of hydrogen-bond donors (Lipinski definition) is 2. The van der Waals surface area contributed by atoms with Gasteiger partial charge in [0.2, 0.25) is 0 Å². The Balaban J connectivity index is 2.41. The summed E-state index contributed by atoms with van der Waals surface area (Å²) in [4.78, 5) is 0. The molecule has 1 aliphatic carbocycles. The van der Waals surface area contributed by atoms with Crippen molar-refractivity contribution in [3.8, 4) is 0 Å². The van der Waals surface area contributed by atoms with Crippen molar-refractivity contribution >= 4 is 0 Å². The van der Waals surface area contributed by atoms with Crippen molar-refractivity contribution in [3.05, 3.63) is 0 Å². The van der Waals surface area contributed by atoms with Gasteiger partial charge in [-0.3, -0.25) is 0 Å². The van der Waals surface area contributed by atoms with E-state index >= 15 is 0 Å². The molecular weight excluding hydrogens is 148 g/mol. The Bertz CT molecular complexity index is 95.2. The van der Waals surface area contributed by atoms with Crippen LogP contribution in [-0.2, 0) is 0 Å². The molecule has 2 heteroatoms. The first-order valence-electron chi connectivity index (χ1n) is 5.20. The molecule has 1 aliphatic rings. The van der Waals surface area contributed by atoms with E-state index in [9.17, 15) is 0 Å². The van der Waals surface area contributed by atoms with E-state index in [1.54, 1.807) is 0 Å². The maximum atomic E-state index is 5.70. The highest BCUT2D eigenvalue weighted by molar-refractivity contribution is 4.79. The van der Waals surface area contributed by atoms with Gasteiger partial charge in [-0.15, -0.1) is 0 Å². The minimum atomic E-state index is 0.747. The zero-order chi connectivity index (χ0) is 8.97. The summed E-state index contributed by atoms with van der Waals surface area (Å²) in [5, 5.41) is 0. The van der Waals surface area contributed by atoms with Gasteiger partial charge >= 0.3 is 0 Å². The van der Waals surface area contributed by atoms with Gasteiger partial charge in [-0.1, -0.05) is 13.3 Å². The molecular formula is C10H22N2. The van der Waals surface area contributed by atoms with Gasteiger partial charge in [0.25, 0.3) is 0 Å². The summed E-state index contributed by atoms with van der Waals surface area (Å²) >= 11 is 0. The van der Waals surface area contributed by atoms with E-state index < -0.39 is 0 Å². The number of nitrogens with two attached hydrogens (primary N) is 2. The third-order valence-corrected chi connectivity index (χ3v) is 3.24. The number of hydrogen-bond acceptors (Lipinski definition) is 2. The molecule has 1 rings (SSSR count). The Morgan fingerprint density at radius 1 is 0.917 bits per heavy atom. The van der Waals surface area contributed by atoms with E-state index in [2.05, 4.69) is 6.92 Å². The average molecular weight is 170 g/mol. The second kappa shape index (κ2) is 4.83. The molecule has 0 aromatic carbocycles. The van der Waals surface area contributed by atoms with Crippen LogP contribution in [0.25, 0.3) is 0 Å². The van der Waals surface area contributed by atoms with Gasteiger partial charge in [0.15, 0.2) is 0 Å². The van der Waals surface area contributed by atoms with Crippen LogP contribution >= 0.6 is 0 Å². The summed E-state index contributed by atoms with van der Waals surface area (Å²) in [7, 11) is 0. The Morgan fingerprint density at radius 3 is 1.67 bits per heavy atom. The van der Waals surface area contributed by atoms with Gasteiger partial charge in [0.1, 0.15) is 0 Å². The van der Waals surface area contributed by atoms with Gasteiger partial charge in [-0.05, 0) is 50.1 Å². The predicted octanol–water partition coefficient (Wildman–Crippen LogP) is 1.35. The van der Waals surface area contributed by atoms with E-state index in [1.165, 1.54) is 25.7 Å². The topological polar surface area (TPSA) is 52.0 Å². The molecule has 12 heavy (non-hydrogen) atoms. The highest BCUT2D eigenvalue weighted by Gasteiger charge is 2.25. The fourth-order valence-corrected chi connectivity index (χ4v) is 2.42. The zero-order valence-corrected chi connectivity index (χ0v) is 8.13. The maximum absolute atomic E-state index is 5.70. The lowest BCUT2D eigenvalue weighted by atomic mass is 9.74. The van der Waals surface area contributed by atoms with Crippen LogP contribution in [-0.4, -0.2) is 13.1 Å². The Morgan fingerprint density at radius 2 is 1.33 bits per heavy atom. The molecule has 0 saturated heterocycles. The van der Waals surface area contributed by atoms with Crippen molar-refractivity contribution in [2.45, 2.75) is 32.6 Å². The second-order valence-electron chi connectivity index (χ2n) is 4.18. The molecule has 0 heterocycles. The summed E-state index contributed by atoms with van der Waals surface area (Å²) in [5.41, 5.74) is 11.4. The SMILES string of the molecule is CCC1CC(CN)CC(CN)C1. The molecule has 0 spiro atoms. The normalized spacial score (nSPS) is 36.8. The molecule has 1 fully saturated rings. The predicted molar refractivity (Wildman–Crippen MR) is 52.7 cm³/mol. The van der Waals surface area contributed by atoms with Crippen LogP contribution in [0.5, 0.6) is 0 Å². The van der Waals surface area contributed by atoms with Crippen LogP contribution in [0.2, 0.25) is 0 Å². The van der Waals surface area contributed by atoms with Crippen molar-refractivity contribution in [1.29, 1.82) is 0 Å². The smallest absolute Gasteiger partial charge is 0.00487 e. The Labute approximate surface area is 75.7 Å². The van der Waals surface area contributed by atoms with E-state index in [4.69, 9.17) is 11.5 Å². The maximum Gasteiger partial charge on any atom is -0.00487 e. The summed E-state index contributed by atoms with van der Waals surface area (Å²) in [6.45, 7) is 3.98. The van der Waals surface area contributed by atoms with Crippen LogP contribution in [0.15, 0.2) is 0 Å². The third kappa shape index (κ3) is 2.46. The number of rotatable bonds is 3. The van der Waals surface area contributed by atoms with Crippen molar-refractivity contribution in [2.75, 3.05) is 13.1 Å². The summed E-state index contributed by atoms with van der Waals surface area (Å²) < 4.78 is 0. The monoisotopic (exact) mass is 170 g/mol. The fourth-order valence-electron chi connectivity index (χ4n) is 2.42. The van der Waals surface area contributed by atoms with Crippen molar-refractivity contribution in [3.63, 3.8) is 0 Å². The quantitative estimate of drug-likeness (QED) is 0.671. The first-order chi connectivity index (χ1) is 5.80. The molecule has 0 radical (unpaired) electrons. The molecule has 2 atom stereocenters. The average Bonchev–Trinajstić information content (AvgIpc) is 2.16. The molecule has 0 aromatic rings. The van der Waals surface area contributed by atoms with Crippen LogP contribution < -0.4 is 11.5 Å². The molecule has 0 amide bonds. The van der Waals surface area contributed by atoms with E-state index in [1.807, 2.05) is 0 Å². The Hall–Kier alpha value is -0.0800. The van der Waals surface area contributed by atoms with Gasteiger partial charge in [-0.25, -0.2) is 0 Å². The molecule has 1 saturated carbocycles. The first kappa shape index (κ1) is 10.0. The van der Waals surface area contributed by atoms with Crippen molar-refractivity contribution in [2.24, 2.45) is 29.2 Å². The lowest BCUT2D eigenvalue weighted by molar-refractivity contribution is 0.199. The van der Waals surface area contributed by atoms with Crippen molar-refractivity contribution < 1.29 is 0 Å². The third-order valence-electron chi connectivity index (χ3n) is 3.24. The summed E-state index contributed by atoms with van der Waals surface area (Å²) in [6.07, 6.45) is 5.24. The van der Waals surface area contributed by atoms with Crippen LogP contribution in [0.3, 0.4) is 0 Å². The van der Waals surface area contributed by atoms with Crippen molar-refractivity contribution in [1.82, 2.24) is 0 Å². The Kier molecular flexibility index (Phi) is 4.02. The lowest BCUT2D eigenvalue weighted by Crippen LogP contribution is -2.31. The van der Waals surface area contributed by atoms with E-state index in [0.717, 1.165) is 30.8 Å². The van der Waals surface area contributed by atoms with Gasteiger partial charge in [0, 0.05) is 0 Å². The van der Waals surface area contributed by atoms with Gasteiger partial charge in [-0.2, -0.15) is 0 Å². The second-order valence-corrected chi connectivity index (χ2v) is 4.18. The molecule has 0 bridgehead atoms.